The number of rotatable bonds is 18. The summed E-state index contributed by atoms with van der Waals surface area (Å²) in [5, 5.41) is 53.2. The minimum atomic E-state index is -4.51. The Morgan fingerprint density at radius 2 is 0.908 bits per heavy atom. The van der Waals surface area contributed by atoms with E-state index in [4.69, 9.17) is 61.9 Å². The van der Waals surface area contributed by atoms with E-state index in [1.807, 2.05) is 12.3 Å². The van der Waals surface area contributed by atoms with Gasteiger partial charge in [0.2, 0.25) is 5.91 Å². The zero-order chi connectivity index (χ0) is 86.3. The van der Waals surface area contributed by atoms with E-state index in [9.17, 15) is 49.1 Å². The molecule has 1 aromatic carbocycles. The van der Waals surface area contributed by atoms with Gasteiger partial charge in [-0.1, -0.05) is 141 Å². The number of nitrogens with zero attached hydrogens (tertiary/aromatic N) is 10. The van der Waals surface area contributed by atoms with Gasteiger partial charge in [0.15, 0.2) is 24.4 Å². The lowest BCUT2D eigenvalue weighted by molar-refractivity contribution is -0.138. The lowest BCUT2D eigenvalue weighted by Gasteiger charge is -2.23. The maximum Gasteiger partial charge on any atom is 0.418 e. The Morgan fingerprint density at radius 3 is 1.26 bits per heavy atom. The molecule has 4 saturated carbocycles. The summed E-state index contributed by atoms with van der Waals surface area (Å²) in [6.45, 7) is 6.54. The summed E-state index contributed by atoms with van der Waals surface area (Å²) in [6.07, 6.45) is 27.2. The van der Waals surface area contributed by atoms with Gasteiger partial charge in [-0.3, -0.25) is 4.79 Å². The van der Waals surface area contributed by atoms with E-state index in [1.54, 1.807) is 29.9 Å². The first-order chi connectivity index (χ1) is 56.9. The molecule has 1 aliphatic heterocycles. The van der Waals surface area contributed by atoms with Crippen LogP contribution in [-0.4, -0.2) is 100 Å². The largest absolute Gasteiger partial charge is 0.478 e. The highest BCUT2D eigenvalue weighted by molar-refractivity contribution is 9.11. The molecule has 23 nitrogen and oxygen atoms in total. The summed E-state index contributed by atoms with van der Waals surface area (Å²) in [5.41, 5.74) is 9.22. The second kappa shape index (κ2) is 51.3. The Balaban J connectivity index is 0.000000194. The maximum atomic E-state index is 12.9. The van der Waals surface area contributed by atoms with Crippen molar-refractivity contribution in [2.75, 3.05) is 50.3 Å². The van der Waals surface area contributed by atoms with Crippen LogP contribution in [0.5, 0.6) is 0 Å². The van der Waals surface area contributed by atoms with E-state index in [0.717, 1.165) is 121 Å². The SMILES string of the molecule is C=CC(=O)Nc1ccc(C(=O)O)cc1.FC(F)(F)c1cc(Br)ncc1Cl.FC(F)(F)c1cc(NCc2cnc(NC3CCCCC3)s2)ncc1Cl.FC(F)(F)c1cc(NCc2cnc(N[C@@H]3CCCNC3)s2)ncc1Cl.N#Cc1cnc(Br)s1.N#Cc1cnc(NC2CCCCC2)s1.NC1CCCCC1.NCc1cnc(NC2CCCCC2)s1. The van der Waals surface area contributed by atoms with Crippen molar-refractivity contribution in [3.63, 3.8) is 0 Å². The monoisotopic (exact) mass is 1940 g/mol. The van der Waals surface area contributed by atoms with E-state index in [-0.39, 0.29) is 27.7 Å². The predicted molar refractivity (Wildman–Crippen MR) is 465 cm³/mol. The Labute approximate surface area is 735 Å². The number of aromatic carboxylic acids is 1. The van der Waals surface area contributed by atoms with Crippen LogP contribution in [0.3, 0.4) is 0 Å². The summed E-state index contributed by atoms with van der Waals surface area (Å²) >= 11 is 29.8. The van der Waals surface area contributed by atoms with Gasteiger partial charge in [0.1, 0.15) is 38.1 Å². The number of alkyl halides is 9. The standard InChI is InChI=1S/C16H18ClF3N4S.C15H17ClF3N5S.C10H17N3S.C10H13N3S.C10H9NO3.C6H2BrClF3N.C6H13N.C4HBrN2S/c17-13-9-22-14(6-12(13)16(18,19)20)21-7-11-8-23-15(25-11)24-10-4-2-1-3-5-10;16-12-8-22-13(4-11(12)15(17,18)19)21-6-10-7-23-14(25-10)24-9-2-1-3-20-5-9;2*11-6-9-7-12-10(14-9)13-8-4-2-1-3-5-8;1-2-9(12)11-8-5-3-7(4-6-8)10(13)14;7-5-1-3(6(9,10)11)4(8)2-12-5;7-6-4-2-1-3-5-6;5-4-7-2-3(1-6)8-4/h6,8-10H,1-5,7H2,(H,21,22)(H,23,24);4,7-9,20H,1-3,5-6H2,(H,21,22)(H,23,24);7-8H,1-6,11H2,(H,12,13);7-8H,1-5H2,(H,12,13);2-6H,1H2,(H,11,12)(H,13,14);1-2H;6H,1-5,7H2;2H/t;9-;;;;;;/m.1....../s1. The summed E-state index contributed by atoms with van der Waals surface area (Å²) in [6, 6.07) is 15.2. The number of carbonyl (C=O) groups is 2. The second-order valence-corrected chi connectivity index (χ2v) is 35.9. The molecule has 0 radical (unpaired) electrons. The first-order valence-corrected chi connectivity index (χ1v) is 44.7. The van der Waals surface area contributed by atoms with Crippen LogP contribution in [-0.2, 0) is 43.0 Å². The summed E-state index contributed by atoms with van der Waals surface area (Å²) in [7, 11) is 0. The first kappa shape index (κ1) is 98.5. The van der Waals surface area contributed by atoms with Crippen LogP contribution in [0, 0.1) is 22.7 Å². The van der Waals surface area contributed by atoms with E-state index in [0.29, 0.717) is 65.3 Å². The molecule has 0 unspecified atom stereocenters. The predicted octanol–water partition coefficient (Wildman–Crippen LogP) is 22.7. The highest BCUT2D eigenvalue weighted by atomic mass is 79.9. The molecule has 119 heavy (non-hydrogen) atoms. The number of carboxylic acid groups (broad SMARTS) is 1. The van der Waals surface area contributed by atoms with Crippen molar-refractivity contribution >= 4 is 173 Å². The van der Waals surface area contributed by atoms with Crippen LogP contribution in [0.1, 0.15) is 193 Å². The van der Waals surface area contributed by atoms with Crippen molar-refractivity contribution in [3.05, 3.63) is 175 Å². The third kappa shape index (κ3) is 37.3. The fourth-order valence-electron chi connectivity index (χ4n) is 12.0. The van der Waals surface area contributed by atoms with Crippen molar-refractivity contribution in [2.45, 2.75) is 210 Å². The number of halogens is 14. The number of benzene rings is 1. The Kier molecular flexibility index (Phi) is 42.5. The molecule has 8 aromatic heterocycles. The molecular weight excluding hydrogens is 1850 g/mol. The summed E-state index contributed by atoms with van der Waals surface area (Å²) in [4.78, 5) is 57.9. The molecule has 1 saturated heterocycles. The molecule has 5 aliphatic rings. The average molecular weight is 1940 g/mol. The normalized spacial score (nSPS) is 15.7. The van der Waals surface area contributed by atoms with E-state index in [2.05, 4.69) is 127 Å². The number of anilines is 7. The van der Waals surface area contributed by atoms with Gasteiger partial charge in [0.25, 0.3) is 0 Å². The van der Waals surface area contributed by atoms with E-state index in [1.165, 1.54) is 191 Å². The van der Waals surface area contributed by atoms with Crippen LogP contribution in [0.2, 0.25) is 15.1 Å². The molecule has 9 heterocycles. The minimum absolute atomic E-state index is 0.110. The van der Waals surface area contributed by atoms with Crippen LogP contribution in [0.15, 0.2) is 113 Å². The number of nitrogens with two attached hydrogens (primary N) is 2. The molecule has 5 fully saturated rings. The van der Waals surface area contributed by atoms with Gasteiger partial charge in [0, 0.05) is 101 Å². The Hall–Kier alpha value is -7.64. The number of amides is 1. The number of thiazole rings is 5. The van der Waals surface area contributed by atoms with Crippen LogP contribution in [0.4, 0.5) is 77.4 Å². The quantitative estimate of drug-likeness (QED) is 0.0216. The number of nitrogens with one attached hydrogen (secondary N) is 8. The number of hydrogen-bond donors (Lipinski definition) is 11. The maximum absolute atomic E-state index is 12.9. The van der Waals surface area contributed by atoms with Crippen LogP contribution >= 0.6 is 123 Å². The summed E-state index contributed by atoms with van der Waals surface area (Å²) < 4.78 is 114. The zero-order valence-corrected chi connectivity index (χ0v) is 73.7. The van der Waals surface area contributed by atoms with E-state index < -0.39 is 56.3 Å². The average Bonchev–Trinajstić information content (AvgIpc) is 0.899. The molecule has 42 heteroatoms. The fourth-order valence-corrected chi connectivity index (χ4v) is 17.1. The van der Waals surface area contributed by atoms with Gasteiger partial charge < -0.3 is 59.1 Å². The molecule has 0 bridgehead atoms. The molecule has 13 N–H and O–H groups in total. The lowest BCUT2D eigenvalue weighted by Crippen LogP contribution is -2.38. The number of aromatic nitrogens is 8. The van der Waals surface area contributed by atoms with Gasteiger partial charge >= 0.3 is 24.5 Å². The zero-order valence-electron chi connectivity index (χ0n) is 64.1. The van der Waals surface area contributed by atoms with Gasteiger partial charge in [-0.2, -0.15) is 50.0 Å². The van der Waals surface area contributed by atoms with Gasteiger partial charge in [0.05, 0.1) is 62.8 Å². The number of nitriles is 2. The number of carboxylic acids is 1. The number of pyridine rings is 3. The highest BCUT2D eigenvalue weighted by Crippen LogP contribution is 2.39. The number of carbonyl (C=O) groups excluding carboxylic acids is 1. The Morgan fingerprint density at radius 1 is 0.521 bits per heavy atom. The first-order valence-electron chi connectivity index (χ1n) is 37.9. The number of hydrogen-bond acceptors (Lipinski definition) is 26. The third-order valence-corrected chi connectivity index (χ3v) is 24.4. The molecule has 1 atom stereocenters. The molecule has 14 rings (SSSR count). The van der Waals surface area contributed by atoms with Crippen molar-refractivity contribution in [1.82, 2.24) is 45.2 Å². The second-order valence-electron chi connectivity index (χ2n) is 27.2. The third-order valence-electron chi connectivity index (χ3n) is 18.1. The van der Waals surface area contributed by atoms with Crippen LogP contribution < -0.4 is 54.0 Å². The minimum Gasteiger partial charge on any atom is -0.478 e. The molecule has 9 aromatic rings. The van der Waals surface area contributed by atoms with Gasteiger partial charge in [-0.15, -0.1) is 34.0 Å². The summed E-state index contributed by atoms with van der Waals surface area (Å²) in [5.74, 6) is -1.07. The lowest BCUT2D eigenvalue weighted by atomic mass is 9.96. The Bertz CT molecular complexity index is 4510. The number of piperidine rings is 1. The molecule has 4 aliphatic carbocycles. The van der Waals surface area contributed by atoms with Crippen LogP contribution in [0.25, 0.3) is 0 Å². The topological polar surface area (TPSA) is 353 Å². The van der Waals surface area contributed by atoms with Crippen molar-refractivity contribution in [3.8, 4) is 12.1 Å². The molecule has 1 amide bonds. The molecule has 0 spiro atoms. The van der Waals surface area contributed by atoms with Crippen molar-refractivity contribution in [1.29, 1.82) is 10.5 Å². The fraction of sp³-hybridized carbons (Fsp3) is 0.455. The molecular formula is C77H90Br2Cl3F9N20O3S5. The smallest absolute Gasteiger partial charge is 0.418 e. The van der Waals surface area contributed by atoms with Gasteiger partial charge in [-0.25, -0.2) is 44.7 Å². The van der Waals surface area contributed by atoms with Gasteiger partial charge in [-0.05, 0) is 151 Å². The van der Waals surface area contributed by atoms with Crippen molar-refractivity contribution < 1.29 is 54.2 Å². The highest BCUT2D eigenvalue weighted by Gasteiger charge is 2.36. The van der Waals surface area contributed by atoms with E-state index >= 15 is 0 Å². The van der Waals surface area contributed by atoms with Crippen molar-refractivity contribution in [2.24, 2.45) is 11.5 Å². The molecule has 644 valence electrons.